The molecule has 162 valence electrons. The topological polar surface area (TPSA) is 51.2 Å². The van der Waals surface area contributed by atoms with E-state index in [1.54, 1.807) is 12.3 Å². The van der Waals surface area contributed by atoms with E-state index in [2.05, 4.69) is 24.1 Å². The molecule has 1 atom stereocenters. The third-order valence-corrected chi connectivity index (χ3v) is 7.09. The smallest absolute Gasteiger partial charge is 0.293 e. The number of nitrogens with zero attached hydrogens (tertiary/aromatic N) is 1. The first-order valence-corrected chi connectivity index (χ1v) is 11.5. The lowest BCUT2D eigenvalue weighted by atomic mass is 9.91. The number of carbonyl (C=O) groups is 1. The summed E-state index contributed by atoms with van der Waals surface area (Å²) in [6.07, 6.45) is 2.01. The molecular formula is C24H24ClFN2O2S. The third-order valence-electron chi connectivity index (χ3n) is 5.68. The Kier molecular flexibility index (Phi) is 6.70. The first kappa shape index (κ1) is 21.9. The molecule has 3 aromatic rings. The Hall–Kier alpha value is -2.28. The zero-order valence-electron chi connectivity index (χ0n) is 17.4. The van der Waals surface area contributed by atoms with Gasteiger partial charge in [-0.1, -0.05) is 43.6 Å². The summed E-state index contributed by atoms with van der Waals surface area (Å²) in [4.78, 5) is 16.2. The minimum absolute atomic E-state index is 0.242. The standard InChI is InChI=1S/C24H24ClFN2O2S/c1-14(2)18-6-4-16(9-20(18)25)23-12-28-24(31-23)19-5-3-15(7-21(19)26)8-22(30-13-29)17-10-27-11-17/h3-7,9,12-14,17,22,27H,8,10-11H2,1-2H3. The van der Waals surface area contributed by atoms with Crippen LogP contribution < -0.4 is 5.32 Å². The van der Waals surface area contributed by atoms with Crippen LogP contribution in [0.2, 0.25) is 5.02 Å². The molecule has 4 nitrogen and oxygen atoms in total. The molecule has 1 aliphatic heterocycles. The average molecular weight is 459 g/mol. The van der Waals surface area contributed by atoms with Gasteiger partial charge in [-0.3, -0.25) is 4.79 Å². The zero-order chi connectivity index (χ0) is 22.0. The van der Waals surface area contributed by atoms with Gasteiger partial charge in [0.2, 0.25) is 0 Å². The van der Waals surface area contributed by atoms with Crippen molar-refractivity contribution in [3.8, 4) is 21.0 Å². The van der Waals surface area contributed by atoms with Gasteiger partial charge in [0.1, 0.15) is 16.9 Å². The fourth-order valence-electron chi connectivity index (χ4n) is 3.74. The van der Waals surface area contributed by atoms with Crippen LogP contribution in [-0.4, -0.2) is 30.6 Å². The molecule has 0 spiro atoms. The highest BCUT2D eigenvalue weighted by Crippen LogP contribution is 2.36. The summed E-state index contributed by atoms with van der Waals surface area (Å²) in [5.74, 6) is 0.287. The molecule has 1 aliphatic rings. The van der Waals surface area contributed by atoms with E-state index in [0.717, 1.165) is 39.7 Å². The Morgan fingerprint density at radius 3 is 2.71 bits per heavy atom. The van der Waals surface area contributed by atoms with E-state index < -0.39 is 0 Å². The van der Waals surface area contributed by atoms with Gasteiger partial charge in [0.25, 0.3) is 6.47 Å². The summed E-state index contributed by atoms with van der Waals surface area (Å²) in [5.41, 5.74) is 3.33. The molecule has 0 bridgehead atoms. The van der Waals surface area contributed by atoms with Crippen molar-refractivity contribution in [2.24, 2.45) is 5.92 Å². The molecule has 1 fully saturated rings. The van der Waals surface area contributed by atoms with E-state index >= 15 is 0 Å². The average Bonchev–Trinajstić information content (AvgIpc) is 3.16. The molecular weight excluding hydrogens is 435 g/mol. The van der Waals surface area contributed by atoms with Crippen LogP contribution in [0.5, 0.6) is 0 Å². The maximum atomic E-state index is 14.9. The first-order chi connectivity index (χ1) is 15.0. The molecule has 0 radical (unpaired) electrons. The van der Waals surface area contributed by atoms with Crippen LogP contribution in [0.1, 0.15) is 30.9 Å². The van der Waals surface area contributed by atoms with Gasteiger partial charge in [0.05, 0.1) is 4.88 Å². The number of hydrogen-bond donors (Lipinski definition) is 1. The minimum atomic E-state index is -0.330. The quantitative estimate of drug-likeness (QED) is 0.440. The summed E-state index contributed by atoms with van der Waals surface area (Å²) in [6.45, 7) is 6.31. The molecule has 0 aliphatic carbocycles. The van der Waals surface area contributed by atoms with Gasteiger partial charge in [-0.2, -0.15) is 0 Å². The number of nitrogens with one attached hydrogen (secondary N) is 1. The van der Waals surface area contributed by atoms with Gasteiger partial charge >= 0.3 is 0 Å². The predicted octanol–water partition coefficient (Wildman–Crippen LogP) is 5.70. The number of aromatic nitrogens is 1. The maximum Gasteiger partial charge on any atom is 0.293 e. The second-order valence-electron chi connectivity index (χ2n) is 8.13. The van der Waals surface area contributed by atoms with Crippen molar-refractivity contribution in [3.63, 3.8) is 0 Å². The van der Waals surface area contributed by atoms with Crippen LogP contribution in [0.4, 0.5) is 4.39 Å². The summed E-state index contributed by atoms with van der Waals surface area (Å²) >= 11 is 7.86. The van der Waals surface area contributed by atoms with Crippen LogP contribution in [0.25, 0.3) is 21.0 Å². The highest BCUT2D eigenvalue weighted by molar-refractivity contribution is 7.18. The lowest BCUT2D eigenvalue weighted by Gasteiger charge is -2.33. The van der Waals surface area contributed by atoms with Crippen molar-refractivity contribution < 1.29 is 13.9 Å². The second-order valence-corrected chi connectivity index (χ2v) is 9.57. The van der Waals surface area contributed by atoms with Crippen molar-refractivity contribution in [1.29, 1.82) is 0 Å². The molecule has 0 saturated carbocycles. The fraction of sp³-hybridized carbons (Fsp3) is 0.333. The number of rotatable bonds is 8. The lowest BCUT2D eigenvalue weighted by molar-refractivity contribution is -0.137. The van der Waals surface area contributed by atoms with Gasteiger partial charge in [0, 0.05) is 42.2 Å². The van der Waals surface area contributed by atoms with E-state index in [0.29, 0.717) is 29.4 Å². The lowest BCUT2D eigenvalue weighted by Crippen LogP contribution is -2.50. The summed E-state index contributed by atoms with van der Waals surface area (Å²) < 4.78 is 20.1. The van der Waals surface area contributed by atoms with Crippen molar-refractivity contribution in [1.82, 2.24) is 10.3 Å². The number of thiazole rings is 1. The monoisotopic (exact) mass is 458 g/mol. The second kappa shape index (κ2) is 9.47. The van der Waals surface area contributed by atoms with Gasteiger partial charge < -0.3 is 10.1 Å². The SMILES string of the molecule is CC(C)c1ccc(-c2cnc(-c3ccc(CC(OC=O)C4CNC4)cc3F)s2)cc1Cl. The number of carbonyl (C=O) groups excluding carboxylic acids is 1. The Balaban J connectivity index is 1.53. The van der Waals surface area contributed by atoms with E-state index in [4.69, 9.17) is 16.3 Å². The Labute approximate surface area is 190 Å². The Morgan fingerprint density at radius 1 is 1.29 bits per heavy atom. The summed E-state index contributed by atoms with van der Waals surface area (Å²) in [6, 6.07) is 11.1. The molecule has 4 rings (SSSR count). The molecule has 31 heavy (non-hydrogen) atoms. The van der Waals surface area contributed by atoms with E-state index in [-0.39, 0.29) is 17.8 Å². The number of halogens is 2. The van der Waals surface area contributed by atoms with Gasteiger partial charge in [-0.05, 0) is 40.8 Å². The molecule has 2 heterocycles. The zero-order valence-corrected chi connectivity index (χ0v) is 19.0. The van der Waals surface area contributed by atoms with Crippen LogP contribution in [0, 0.1) is 11.7 Å². The Bertz CT molecular complexity index is 1080. The maximum absolute atomic E-state index is 14.9. The van der Waals surface area contributed by atoms with Crippen molar-refractivity contribution in [2.75, 3.05) is 13.1 Å². The molecule has 1 unspecified atom stereocenters. The van der Waals surface area contributed by atoms with E-state index in [9.17, 15) is 9.18 Å². The van der Waals surface area contributed by atoms with Crippen LogP contribution in [0.3, 0.4) is 0 Å². The normalized spacial score (nSPS) is 15.0. The first-order valence-electron chi connectivity index (χ1n) is 10.3. The fourth-order valence-corrected chi connectivity index (χ4v) is 5.08. The van der Waals surface area contributed by atoms with Crippen LogP contribution in [0.15, 0.2) is 42.6 Å². The molecule has 0 amide bonds. The molecule has 1 aromatic heterocycles. The Morgan fingerprint density at radius 2 is 2.10 bits per heavy atom. The van der Waals surface area contributed by atoms with Gasteiger partial charge in [0.15, 0.2) is 0 Å². The highest BCUT2D eigenvalue weighted by Gasteiger charge is 2.28. The van der Waals surface area contributed by atoms with Gasteiger partial charge in [-0.15, -0.1) is 11.3 Å². The van der Waals surface area contributed by atoms with Crippen molar-refractivity contribution >= 4 is 29.4 Å². The van der Waals surface area contributed by atoms with E-state index in [1.165, 1.54) is 17.4 Å². The molecule has 7 heteroatoms. The number of ether oxygens (including phenoxy) is 1. The van der Waals surface area contributed by atoms with Gasteiger partial charge in [-0.25, -0.2) is 9.37 Å². The number of benzene rings is 2. The van der Waals surface area contributed by atoms with Crippen molar-refractivity contribution in [3.05, 3.63) is 64.6 Å². The van der Waals surface area contributed by atoms with E-state index in [1.807, 2.05) is 24.3 Å². The van der Waals surface area contributed by atoms with Crippen LogP contribution in [-0.2, 0) is 16.0 Å². The highest BCUT2D eigenvalue weighted by atomic mass is 35.5. The van der Waals surface area contributed by atoms with Crippen LogP contribution >= 0.6 is 22.9 Å². The molecule has 1 N–H and O–H groups in total. The predicted molar refractivity (Wildman–Crippen MR) is 123 cm³/mol. The number of hydrogen-bond acceptors (Lipinski definition) is 5. The minimum Gasteiger partial charge on any atom is -0.464 e. The molecule has 2 aromatic carbocycles. The van der Waals surface area contributed by atoms with Crippen molar-refractivity contribution in [2.45, 2.75) is 32.3 Å². The summed E-state index contributed by atoms with van der Waals surface area (Å²) in [5, 5.41) is 4.52. The molecule has 1 saturated heterocycles. The summed E-state index contributed by atoms with van der Waals surface area (Å²) in [7, 11) is 0. The largest absolute Gasteiger partial charge is 0.464 e. The third kappa shape index (κ3) is 4.81.